The van der Waals surface area contributed by atoms with Gasteiger partial charge in [-0.25, -0.2) is 14.2 Å². The highest BCUT2D eigenvalue weighted by Crippen LogP contribution is 2.45. The summed E-state index contributed by atoms with van der Waals surface area (Å²) in [6.45, 7) is 7.23. The van der Waals surface area contributed by atoms with Crippen molar-refractivity contribution in [3.63, 3.8) is 0 Å². The van der Waals surface area contributed by atoms with E-state index in [1.807, 2.05) is 47.6 Å². The molecule has 2 unspecified atom stereocenters. The summed E-state index contributed by atoms with van der Waals surface area (Å²) in [5.41, 5.74) is 3.12. The number of amidine groups is 1. The van der Waals surface area contributed by atoms with E-state index in [4.69, 9.17) is 4.74 Å². The molecule has 1 amide bonds. The normalized spacial score (nSPS) is 18.1. The van der Waals surface area contributed by atoms with Gasteiger partial charge >= 0.3 is 5.97 Å². The zero-order chi connectivity index (χ0) is 25.1. The van der Waals surface area contributed by atoms with Crippen LogP contribution < -0.4 is 5.32 Å². The highest BCUT2D eigenvalue weighted by Gasteiger charge is 2.41. The lowest BCUT2D eigenvalue weighted by Crippen LogP contribution is -2.38. The Hall–Kier alpha value is -3.39. The largest absolute Gasteiger partial charge is 0.459 e. The number of hydrogen-bond acceptors (Lipinski definition) is 6. The van der Waals surface area contributed by atoms with Gasteiger partial charge in [0, 0.05) is 5.70 Å². The number of thioether (sulfide) groups is 1. The second-order valence-electron chi connectivity index (χ2n) is 8.78. The molecule has 182 valence electrons. The maximum atomic E-state index is 14.2. The van der Waals surface area contributed by atoms with E-state index in [0.29, 0.717) is 27.7 Å². The molecule has 2 aliphatic rings. The predicted molar refractivity (Wildman–Crippen MR) is 136 cm³/mol. The molecule has 0 bridgehead atoms. The summed E-state index contributed by atoms with van der Waals surface area (Å²) < 4.78 is 19.8. The molecule has 0 aliphatic carbocycles. The smallest absolute Gasteiger partial charge is 0.338 e. The SMILES string of the molecule is CC1=C(C(=O)OC(C)C)C(c2cccc(F)c2)N2C(CC(=O)NC(C)c3ccccc3)=CSC2=N1. The molecule has 2 aromatic carbocycles. The third-order valence-electron chi connectivity index (χ3n) is 5.75. The second-order valence-corrected chi connectivity index (χ2v) is 9.62. The molecule has 0 radical (unpaired) electrons. The molecule has 0 aromatic heterocycles. The van der Waals surface area contributed by atoms with Gasteiger partial charge in [0.15, 0.2) is 5.17 Å². The van der Waals surface area contributed by atoms with Crippen molar-refractivity contribution < 1.29 is 18.7 Å². The third kappa shape index (κ3) is 5.48. The number of amides is 1. The number of fused-ring (bicyclic) bond motifs is 1. The van der Waals surface area contributed by atoms with E-state index < -0.39 is 17.8 Å². The van der Waals surface area contributed by atoms with Crippen LogP contribution >= 0.6 is 11.8 Å². The summed E-state index contributed by atoms with van der Waals surface area (Å²) in [4.78, 5) is 32.6. The summed E-state index contributed by atoms with van der Waals surface area (Å²) >= 11 is 1.38. The fraction of sp³-hybridized carbons (Fsp3) is 0.296. The number of aliphatic imine (C=N–C) groups is 1. The van der Waals surface area contributed by atoms with Crippen molar-refractivity contribution in [2.24, 2.45) is 4.99 Å². The van der Waals surface area contributed by atoms with Crippen molar-refractivity contribution in [2.75, 3.05) is 0 Å². The molecule has 2 aromatic rings. The van der Waals surface area contributed by atoms with Crippen LogP contribution in [0.1, 0.15) is 57.3 Å². The Morgan fingerprint density at radius 2 is 1.89 bits per heavy atom. The van der Waals surface area contributed by atoms with E-state index in [9.17, 15) is 14.0 Å². The van der Waals surface area contributed by atoms with E-state index in [-0.39, 0.29) is 24.5 Å². The molecular weight excluding hydrogens is 465 g/mol. The molecule has 0 spiro atoms. The molecule has 2 heterocycles. The molecule has 0 fully saturated rings. The lowest BCUT2D eigenvalue weighted by molar-refractivity contribution is -0.143. The van der Waals surface area contributed by atoms with Gasteiger partial charge < -0.3 is 15.0 Å². The number of nitrogens with one attached hydrogen (secondary N) is 1. The minimum absolute atomic E-state index is 0.0839. The molecule has 8 heteroatoms. The number of carbonyl (C=O) groups excluding carboxylic acids is 2. The molecule has 1 N–H and O–H groups in total. The first kappa shape index (κ1) is 24.7. The van der Waals surface area contributed by atoms with Crippen molar-refractivity contribution >= 4 is 28.8 Å². The second kappa shape index (κ2) is 10.5. The maximum Gasteiger partial charge on any atom is 0.338 e. The summed E-state index contributed by atoms with van der Waals surface area (Å²) in [7, 11) is 0. The van der Waals surface area contributed by atoms with Crippen molar-refractivity contribution in [1.29, 1.82) is 0 Å². The van der Waals surface area contributed by atoms with Gasteiger partial charge in [0.2, 0.25) is 5.91 Å². The van der Waals surface area contributed by atoms with Gasteiger partial charge in [-0.05, 0) is 56.4 Å². The number of nitrogens with zero attached hydrogens (tertiary/aromatic N) is 2. The Morgan fingerprint density at radius 3 is 2.57 bits per heavy atom. The van der Waals surface area contributed by atoms with Crippen molar-refractivity contribution in [3.05, 3.63) is 93.9 Å². The first-order valence-electron chi connectivity index (χ1n) is 11.5. The Balaban J connectivity index is 1.63. The Kier molecular flexibility index (Phi) is 7.40. The summed E-state index contributed by atoms with van der Waals surface area (Å²) in [5.74, 6) is -1.08. The minimum Gasteiger partial charge on any atom is -0.459 e. The first-order chi connectivity index (χ1) is 16.7. The molecule has 2 aliphatic heterocycles. The van der Waals surface area contributed by atoms with Crippen molar-refractivity contribution in [2.45, 2.75) is 52.3 Å². The number of allylic oxidation sites excluding steroid dienone is 1. The molecule has 6 nitrogen and oxygen atoms in total. The summed E-state index contributed by atoms with van der Waals surface area (Å²) in [6.07, 6.45) is -0.241. The molecule has 35 heavy (non-hydrogen) atoms. The highest BCUT2D eigenvalue weighted by molar-refractivity contribution is 8.16. The van der Waals surface area contributed by atoms with Gasteiger partial charge in [0.1, 0.15) is 5.82 Å². The van der Waals surface area contributed by atoms with Crippen LogP contribution in [0.2, 0.25) is 0 Å². The minimum atomic E-state index is -0.662. The van der Waals surface area contributed by atoms with Crippen molar-refractivity contribution in [1.82, 2.24) is 10.2 Å². The van der Waals surface area contributed by atoms with Gasteiger partial charge in [-0.1, -0.05) is 54.2 Å². The fourth-order valence-corrected chi connectivity index (χ4v) is 5.15. The number of ether oxygens (including phenoxy) is 1. The summed E-state index contributed by atoms with van der Waals surface area (Å²) in [5, 5.41) is 5.53. The van der Waals surface area contributed by atoms with Gasteiger partial charge in [-0.15, -0.1) is 0 Å². The lowest BCUT2D eigenvalue weighted by Gasteiger charge is -2.36. The van der Waals surface area contributed by atoms with E-state index in [1.165, 1.54) is 23.9 Å². The fourth-order valence-electron chi connectivity index (χ4n) is 4.18. The topological polar surface area (TPSA) is 71.0 Å². The highest BCUT2D eigenvalue weighted by atomic mass is 32.2. The van der Waals surface area contributed by atoms with Gasteiger partial charge in [-0.2, -0.15) is 0 Å². The lowest BCUT2D eigenvalue weighted by atomic mass is 9.93. The van der Waals surface area contributed by atoms with E-state index in [0.717, 1.165) is 5.56 Å². The Morgan fingerprint density at radius 1 is 1.14 bits per heavy atom. The number of halogens is 1. The number of carbonyl (C=O) groups is 2. The zero-order valence-corrected chi connectivity index (χ0v) is 20.9. The quantitative estimate of drug-likeness (QED) is 0.507. The number of rotatable bonds is 7. The monoisotopic (exact) mass is 493 g/mol. The maximum absolute atomic E-state index is 14.2. The molecule has 4 rings (SSSR count). The predicted octanol–water partition coefficient (Wildman–Crippen LogP) is 5.62. The van der Waals surface area contributed by atoms with Crippen LogP contribution in [0.15, 0.2) is 82.0 Å². The van der Waals surface area contributed by atoms with Crippen LogP contribution in [0.3, 0.4) is 0 Å². The van der Waals surface area contributed by atoms with Crippen LogP contribution in [-0.4, -0.2) is 28.0 Å². The van der Waals surface area contributed by atoms with E-state index in [1.54, 1.807) is 32.9 Å². The van der Waals surface area contributed by atoms with Gasteiger partial charge in [-0.3, -0.25) is 4.79 Å². The van der Waals surface area contributed by atoms with Crippen LogP contribution in [0.5, 0.6) is 0 Å². The zero-order valence-electron chi connectivity index (χ0n) is 20.1. The van der Waals surface area contributed by atoms with Crippen molar-refractivity contribution in [3.8, 4) is 0 Å². The number of esters is 1. The van der Waals surface area contributed by atoms with Crippen LogP contribution in [-0.2, 0) is 14.3 Å². The average Bonchev–Trinajstić information content (AvgIpc) is 3.19. The molecule has 0 saturated heterocycles. The van der Waals surface area contributed by atoms with E-state index >= 15 is 0 Å². The van der Waals surface area contributed by atoms with Crippen LogP contribution in [0.4, 0.5) is 4.39 Å². The third-order valence-corrected chi connectivity index (χ3v) is 6.64. The molecule has 0 saturated carbocycles. The number of hydrogen-bond donors (Lipinski definition) is 1. The average molecular weight is 494 g/mol. The Labute approximate surface area is 209 Å². The van der Waals surface area contributed by atoms with Gasteiger partial charge in [0.05, 0.1) is 35.9 Å². The first-order valence-corrected chi connectivity index (χ1v) is 12.4. The van der Waals surface area contributed by atoms with E-state index in [2.05, 4.69) is 10.3 Å². The number of benzene rings is 2. The molecule has 2 atom stereocenters. The molecular formula is C27H28FN3O3S. The van der Waals surface area contributed by atoms with Crippen LogP contribution in [0, 0.1) is 5.82 Å². The Bertz CT molecular complexity index is 1220. The summed E-state index contributed by atoms with van der Waals surface area (Å²) in [6, 6.07) is 15.0. The standard InChI is InChI=1S/C27H28FN3O3S/c1-16(2)34-26(33)24-18(4)30-27-31(25(24)20-11-8-12-21(28)13-20)22(15-35-27)14-23(32)29-17(3)19-9-6-5-7-10-19/h5-13,15-17,25H,14H2,1-4H3,(H,29,32). The van der Waals surface area contributed by atoms with Crippen LogP contribution in [0.25, 0.3) is 0 Å². The van der Waals surface area contributed by atoms with Gasteiger partial charge in [0.25, 0.3) is 0 Å².